The largest absolute Gasteiger partial charge is 0.343 e. The number of anilines is 1. The van der Waals surface area contributed by atoms with E-state index in [1.807, 2.05) is 19.9 Å². The lowest BCUT2D eigenvalue weighted by atomic mass is 10.0. The summed E-state index contributed by atoms with van der Waals surface area (Å²) in [6, 6.07) is 10.4. The third-order valence-electron chi connectivity index (χ3n) is 4.29. The van der Waals surface area contributed by atoms with E-state index in [1.54, 1.807) is 24.3 Å². The van der Waals surface area contributed by atoms with Crippen molar-refractivity contribution in [2.45, 2.75) is 19.8 Å². The summed E-state index contributed by atoms with van der Waals surface area (Å²) in [6.07, 6.45) is 0. The van der Waals surface area contributed by atoms with Crippen LogP contribution in [0.25, 0.3) is 10.9 Å². The van der Waals surface area contributed by atoms with Crippen LogP contribution in [0.4, 0.5) is 18.9 Å². The van der Waals surface area contributed by atoms with Crippen molar-refractivity contribution in [3.63, 3.8) is 0 Å². The number of nitrogens with zero attached hydrogens (tertiary/aromatic N) is 1. The maximum absolute atomic E-state index is 13.7. The minimum atomic E-state index is -1.68. The van der Waals surface area contributed by atoms with E-state index in [0.29, 0.717) is 22.5 Å². The molecule has 0 saturated heterocycles. The Bertz CT molecular complexity index is 1100. The molecule has 0 fully saturated rings. The lowest BCUT2D eigenvalue weighted by Crippen LogP contribution is -2.33. The molecule has 0 spiro atoms. The van der Waals surface area contributed by atoms with Gasteiger partial charge in [0.25, 0.3) is 5.91 Å². The van der Waals surface area contributed by atoms with Gasteiger partial charge in [0.05, 0.1) is 23.3 Å². The lowest BCUT2D eigenvalue weighted by Gasteiger charge is -2.12. The van der Waals surface area contributed by atoms with Gasteiger partial charge in [-0.1, -0.05) is 32.0 Å². The predicted octanol–water partition coefficient (Wildman–Crippen LogP) is 4.14. The fourth-order valence-electron chi connectivity index (χ4n) is 2.75. The molecule has 8 heteroatoms. The van der Waals surface area contributed by atoms with Crippen molar-refractivity contribution < 1.29 is 22.8 Å². The summed E-state index contributed by atoms with van der Waals surface area (Å²) in [5.74, 6) is -5.76. The maximum Gasteiger partial charge on any atom is 0.252 e. The van der Waals surface area contributed by atoms with Crippen molar-refractivity contribution in [3.8, 4) is 0 Å². The third kappa shape index (κ3) is 4.37. The highest BCUT2D eigenvalue weighted by atomic mass is 19.2. The highest BCUT2D eigenvalue weighted by Crippen LogP contribution is 2.22. The summed E-state index contributed by atoms with van der Waals surface area (Å²) in [4.78, 5) is 29.2. The zero-order valence-electron chi connectivity index (χ0n) is 15.7. The van der Waals surface area contributed by atoms with Crippen LogP contribution in [0.15, 0.2) is 42.5 Å². The smallest absolute Gasteiger partial charge is 0.252 e. The predicted molar refractivity (Wildman–Crippen MR) is 103 cm³/mol. The average Bonchev–Trinajstić information content (AvgIpc) is 2.71. The molecule has 0 atom stereocenters. The van der Waals surface area contributed by atoms with Crippen molar-refractivity contribution in [1.82, 2.24) is 10.3 Å². The number of para-hydroxylation sites is 1. The lowest BCUT2D eigenvalue weighted by molar-refractivity contribution is -0.115. The molecule has 3 rings (SSSR count). The summed E-state index contributed by atoms with van der Waals surface area (Å²) in [5.41, 5.74) is 1.21. The number of fused-ring (bicyclic) bond motifs is 1. The molecule has 1 aromatic heterocycles. The van der Waals surface area contributed by atoms with E-state index in [-0.39, 0.29) is 5.92 Å². The average molecular weight is 401 g/mol. The number of aromatic nitrogens is 1. The Hall–Kier alpha value is -3.42. The van der Waals surface area contributed by atoms with Crippen LogP contribution in [0.5, 0.6) is 0 Å². The van der Waals surface area contributed by atoms with Gasteiger partial charge in [0.15, 0.2) is 17.5 Å². The Kier molecular flexibility index (Phi) is 5.81. The van der Waals surface area contributed by atoms with Crippen molar-refractivity contribution in [1.29, 1.82) is 0 Å². The number of hydrogen-bond donors (Lipinski definition) is 2. The van der Waals surface area contributed by atoms with Crippen molar-refractivity contribution in [3.05, 3.63) is 71.2 Å². The van der Waals surface area contributed by atoms with Crippen LogP contribution in [-0.2, 0) is 4.79 Å². The highest BCUT2D eigenvalue weighted by Gasteiger charge is 2.17. The number of hydrogen-bond acceptors (Lipinski definition) is 3. The number of rotatable bonds is 5. The molecule has 0 aliphatic rings. The molecular weight excluding hydrogens is 383 g/mol. The number of halogens is 3. The maximum atomic E-state index is 13.7. The van der Waals surface area contributed by atoms with E-state index < -0.39 is 41.5 Å². The van der Waals surface area contributed by atoms with Crippen LogP contribution in [0.1, 0.15) is 35.8 Å². The van der Waals surface area contributed by atoms with Crippen LogP contribution in [0, 0.1) is 17.5 Å². The number of amides is 2. The van der Waals surface area contributed by atoms with Crippen molar-refractivity contribution in [2.75, 3.05) is 11.9 Å². The fraction of sp³-hybridized carbons (Fsp3) is 0.190. The van der Waals surface area contributed by atoms with Gasteiger partial charge in [-0.25, -0.2) is 13.2 Å². The second-order valence-corrected chi connectivity index (χ2v) is 6.72. The van der Waals surface area contributed by atoms with Gasteiger partial charge in [0.1, 0.15) is 0 Å². The van der Waals surface area contributed by atoms with Crippen molar-refractivity contribution in [2.24, 2.45) is 0 Å². The minimum absolute atomic E-state index is 0.0887. The van der Waals surface area contributed by atoms with Crippen LogP contribution in [0.2, 0.25) is 0 Å². The molecule has 5 nitrogen and oxygen atoms in total. The Morgan fingerprint density at radius 1 is 1.03 bits per heavy atom. The first kappa shape index (κ1) is 20.3. The second-order valence-electron chi connectivity index (χ2n) is 6.72. The Balaban J connectivity index is 1.76. The number of nitrogens with one attached hydrogen (secondary N) is 2. The molecular formula is C21H18F3N3O2. The summed E-state index contributed by atoms with van der Waals surface area (Å²) >= 11 is 0. The van der Waals surface area contributed by atoms with Gasteiger partial charge >= 0.3 is 0 Å². The molecule has 0 bridgehead atoms. The molecule has 0 aliphatic carbocycles. The minimum Gasteiger partial charge on any atom is -0.343 e. The standard InChI is InChI=1S/C21H18F3N3O2/c1-11(2)17-9-13(12-5-3-4-6-15(12)26-17)21(29)25-10-18(28)27-16-8-7-14(22)19(23)20(16)24/h3-9,11H,10H2,1-2H3,(H,25,29)(H,27,28). The molecule has 0 unspecified atom stereocenters. The normalized spacial score (nSPS) is 11.0. The molecule has 29 heavy (non-hydrogen) atoms. The van der Waals surface area contributed by atoms with Gasteiger partial charge in [0, 0.05) is 11.1 Å². The molecule has 2 aromatic carbocycles. The van der Waals surface area contributed by atoms with E-state index in [2.05, 4.69) is 15.6 Å². The zero-order valence-corrected chi connectivity index (χ0v) is 15.7. The van der Waals surface area contributed by atoms with Gasteiger partial charge in [-0.15, -0.1) is 0 Å². The number of carbonyl (C=O) groups excluding carboxylic acids is 2. The van der Waals surface area contributed by atoms with E-state index >= 15 is 0 Å². The first-order valence-corrected chi connectivity index (χ1v) is 8.89. The summed E-state index contributed by atoms with van der Waals surface area (Å²) in [6.45, 7) is 3.41. The molecule has 0 saturated carbocycles. The summed E-state index contributed by atoms with van der Waals surface area (Å²) < 4.78 is 39.9. The molecule has 150 valence electrons. The molecule has 0 aliphatic heterocycles. The first-order chi connectivity index (χ1) is 13.8. The van der Waals surface area contributed by atoms with Crippen LogP contribution in [-0.4, -0.2) is 23.3 Å². The Morgan fingerprint density at radius 2 is 1.76 bits per heavy atom. The van der Waals surface area contributed by atoms with E-state index in [1.165, 1.54) is 0 Å². The highest BCUT2D eigenvalue weighted by molar-refractivity contribution is 6.07. The fourth-order valence-corrected chi connectivity index (χ4v) is 2.75. The van der Waals surface area contributed by atoms with E-state index in [4.69, 9.17) is 0 Å². The third-order valence-corrected chi connectivity index (χ3v) is 4.29. The van der Waals surface area contributed by atoms with Gasteiger partial charge < -0.3 is 10.6 Å². The number of benzene rings is 2. The van der Waals surface area contributed by atoms with E-state index in [0.717, 1.165) is 11.8 Å². The molecule has 1 heterocycles. The Labute approximate surface area is 164 Å². The Morgan fingerprint density at radius 3 is 2.48 bits per heavy atom. The quantitative estimate of drug-likeness (QED) is 0.631. The van der Waals surface area contributed by atoms with Gasteiger partial charge in [-0.3, -0.25) is 14.6 Å². The van der Waals surface area contributed by atoms with E-state index in [9.17, 15) is 22.8 Å². The molecule has 2 amide bonds. The van der Waals surface area contributed by atoms with Gasteiger partial charge in [-0.05, 0) is 30.2 Å². The molecule has 0 radical (unpaired) electrons. The van der Waals surface area contributed by atoms with Crippen LogP contribution < -0.4 is 10.6 Å². The first-order valence-electron chi connectivity index (χ1n) is 8.89. The number of pyridine rings is 1. The van der Waals surface area contributed by atoms with Gasteiger partial charge in [0.2, 0.25) is 5.91 Å². The second kappa shape index (κ2) is 8.30. The summed E-state index contributed by atoms with van der Waals surface area (Å²) in [5, 5.41) is 5.18. The molecule has 3 aromatic rings. The topological polar surface area (TPSA) is 71.1 Å². The van der Waals surface area contributed by atoms with Crippen LogP contribution in [0.3, 0.4) is 0 Å². The van der Waals surface area contributed by atoms with Gasteiger partial charge in [-0.2, -0.15) is 0 Å². The monoisotopic (exact) mass is 401 g/mol. The SMILES string of the molecule is CC(C)c1cc(C(=O)NCC(=O)Nc2ccc(F)c(F)c2F)c2ccccc2n1. The summed E-state index contributed by atoms with van der Waals surface area (Å²) in [7, 11) is 0. The van der Waals surface area contributed by atoms with Crippen LogP contribution >= 0.6 is 0 Å². The molecule has 2 N–H and O–H groups in total. The van der Waals surface area contributed by atoms with Crippen molar-refractivity contribution >= 4 is 28.4 Å². The number of carbonyl (C=O) groups is 2. The zero-order chi connectivity index (χ0) is 21.1.